The van der Waals surface area contributed by atoms with E-state index in [1.165, 1.54) is 0 Å². The lowest BCUT2D eigenvalue weighted by atomic mass is 10.3. The van der Waals surface area contributed by atoms with Crippen molar-refractivity contribution < 1.29 is 66.4 Å². The maximum absolute atomic E-state index is 5.76. The molecule has 0 unspecified atom stereocenters. The van der Waals surface area contributed by atoms with Gasteiger partial charge in [-0.15, -0.1) is 0 Å². The molecule has 0 aromatic heterocycles. The van der Waals surface area contributed by atoms with Crippen molar-refractivity contribution in [3.63, 3.8) is 0 Å². The number of rotatable bonds is 10. The third-order valence-corrected chi connectivity index (χ3v) is 3.31. The smallest absolute Gasteiger partial charge is 0.119 e. The molecule has 6 heteroatoms. The largest absolute Gasteiger partial charge is 1.00 e. The van der Waals surface area contributed by atoms with Gasteiger partial charge >= 0.3 is 0 Å². The van der Waals surface area contributed by atoms with E-state index in [9.17, 15) is 0 Å². The number of quaternary nitrogens is 2. The minimum absolute atomic E-state index is 0. The van der Waals surface area contributed by atoms with Crippen LogP contribution in [0.5, 0.6) is 11.5 Å². The number of hydrogen-bond donors (Lipinski definition) is 0. The van der Waals surface area contributed by atoms with Crippen LogP contribution in [0.25, 0.3) is 0 Å². The molecule has 1 rings (SSSR count). The maximum Gasteiger partial charge on any atom is 0.119 e. The summed E-state index contributed by atoms with van der Waals surface area (Å²) < 4.78 is 13.5. The second kappa shape index (κ2) is 12.5. The molecule has 0 amide bonds. The molecule has 24 heavy (non-hydrogen) atoms. The summed E-state index contributed by atoms with van der Waals surface area (Å²) in [5.74, 6) is 1.83. The predicted molar refractivity (Wildman–Crippen MR) is 92.5 cm³/mol. The van der Waals surface area contributed by atoms with Crippen molar-refractivity contribution in [1.29, 1.82) is 0 Å². The maximum atomic E-state index is 5.76. The van der Waals surface area contributed by atoms with Crippen LogP contribution in [-0.2, 0) is 0 Å². The third-order valence-electron chi connectivity index (χ3n) is 3.31. The van der Waals surface area contributed by atoms with E-state index in [2.05, 4.69) is 42.3 Å². The molecule has 0 fully saturated rings. The topological polar surface area (TPSA) is 18.5 Å². The quantitative estimate of drug-likeness (QED) is 0.168. The predicted octanol–water partition coefficient (Wildman–Crippen LogP) is -3.36. The van der Waals surface area contributed by atoms with Crippen LogP contribution in [0.2, 0.25) is 0 Å². The first-order valence-corrected chi connectivity index (χ1v) is 8.12. The Hall–Kier alpha value is 0.200. The summed E-state index contributed by atoms with van der Waals surface area (Å²) in [6, 6.07) is 7.95. The first-order valence-electron chi connectivity index (χ1n) is 8.12. The lowest BCUT2D eigenvalue weighted by Gasteiger charge is -2.23. The molecular weight excluding hydrogens is 530 g/mol. The van der Waals surface area contributed by atoms with Gasteiger partial charge in [0, 0.05) is 12.8 Å². The van der Waals surface area contributed by atoms with Crippen LogP contribution in [-0.4, -0.2) is 77.6 Å². The van der Waals surface area contributed by atoms with E-state index in [-0.39, 0.29) is 48.0 Å². The highest BCUT2D eigenvalue weighted by atomic mass is 127. The molecule has 0 N–H and O–H groups in total. The van der Waals surface area contributed by atoms with E-state index in [1.54, 1.807) is 0 Å². The van der Waals surface area contributed by atoms with Crippen molar-refractivity contribution in [2.24, 2.45) is 0 Å². The van der Waals surface area contributed by atoms with E-state index in [0.717, 1.165) is 59.6 Å². The van der Waals surface area contributed by atoms with Gasteiger partial charge in [-0.25, -0.2) is 0 Å². The molecule has 0 spiro atoms. The fourth-order valence-corrected chi connectivity index (χ4v) is 2.09. The second-order valence-corrected chi connectivity index (χ2v) is 7.90. The molecule has 4 nitrogen and oxygen atoms in total. The highest BCUT2D eigenvalue weighted by Gasteiger charge is 2.07. The Morgan fingerprint density at radius 1 is 0.625 bits per heavy atom. The zero-order valence-corrected chi connectivity index (χ0v) is 20.3. The van der Waals surface area contributed by atoms with Gasteiger partial charge in [-0.3, -0.25) is 0 Å². The van der Waals surface area contributed by atoms with Gasteiger partial charge in [0.05, 0.1) is 68.6 Å². The van der Waals surface area contributed by atoms with Crippen molar-refractivity contribution in [1.82, 2.24) is 0 Å². The Morgan fingerprint density at radius 2 is 0.917 bits per heavy atom. The summed E-state index contributed by atoms with van der Waals surface area (Å²) in [6.07, 6.45) is 2.12. The molecule has 0 saturated carbocycles. The Kier molecular flexibility index (Phi) is 13.8. The summed E-state index contributed by atoms with van der Waals surface area (Å²) >= 11 is 0. The van der Waals surface area contributed by atoms with Gasteiger partial charge < -0.3 is 66.4 Å². The van der Waals surface area contributed by atoms with Crippen LogP contribution in [0.4, 0.5) is 0 Å². The number of benzene rings is 1. The van der Waals surface area contributed by atoms with Gasteiger partial charge in [0.1, 0.15) is 11.5 Å². The summed E-state index contributed by atoms with van der Waals surface area (Å²) in [4.78, 5) is 0. The minimum atomic E-state index is 0. The first kappa shape index (κ1) is 26.4. The summed E-state index contributed by atoms with van der Waals surface area (Å²) in [5.41, 5.74) is 0. The summed E-state index contributed by atoms with van der Waals surface area (Å²) in [5, 5.41) is 0. The zero-order valence-electron chi connectivity index (χ0n) is 16.0. The van der Waals surface area contributed by atoms with Crippen molar-refractivity contribution in [2.45, 2.75) is 12.8 Å². The van der Waals surface area contributed by atoms with Gasteiger partial charge in [0.25, 0.3) is 0 Å². The highest BCUT2D eigenvalue weighted by Crippen LogP contribution is 2.18. The van der Waals surface area contributed by atoms with Crippen LogP contribution >= 0.6 is 0 Å². The molecule has 0 bridgehead atoms. The van der Waals surface area contributed by atoms with Crippen LogP contribution in [0.3, 0.4) is 0 Å². The highest BCUT2D eigenvalue weighted by molar-refractivity contribution is 5.31. The van der Waals surface area contributed by atoms with Gasteiger partial charge in [-0.2, -0.15) is 0 Å². The Morgan fingerprint density at radius 3 is 1.17 bits per heavy atom. The second-order valence-electron chi connectivity index (χ2n) is 7.90. The molecule has 1 aromatic rings. The molecular formula is C18H34I2N2O2. The van der Waals surface area contributed by atoms with Crippen molar-refractivity contribution >= 4 is 0 Å². The lowest BCUT2D eigenvalue weighted by Crippen LogP contribution is -3.00. The molecule has 0 saturated heterocycles. The number of nitrogens with zero attached hydrogens (tertiary/aromatic N) is 2. The first-order chi connectivity index (χ1) is 10.2. The van der Waals surface area contributed by atoms with Crippen LogP contribution in [0.1, 0.15) is 12.8 Å². The number of hydrogen-bond acceptors (Lipinski definition) is 2. The lowest BCUT2D eigenvalue weighted by molar-refractivity contribution is -0.870. The standard InChI is InChI=1S/C18H34N2O2.2HI/c1-19(2,3)13-7-15-21-17-9-11-18(12-10-17)22-16-8-14-20(4,5)6;;/h9-12H,7-8,13-16H2,1-6H3;2*1H/q+2;;/p-2. The Labute approximate surface area is 182 Å². The summed E-state index contributed by atoms with van der Waals surface area (Å²) in [7, 11) is 13.2. The molecule has 0 aliphatic carbocycles. The molecule has 0 aliphatic heterocycles. The van der Waals surface area contributed by atoms with Crippen LogP contribution in [0.15, 0.2) is 24.3 Å². The Balaban J connectivity index is 0. The molecule has 0 aliphatic rings. The normalized spacial score (nSPS) is 11.2. The Bertz CT molecular complexity index is 385. The van der Waals surface area contributed by atoms with Crippen molar-refractivity contribution in [3.05, 3.63) is 24.3 Å². The van der Waals surface area contributed by atoms with Crippen LogP contribution in [0, 0.1) is 0 Å². The fourth-order valence-electron chi connectivity index (χ4n) is 2.09. The van der Waals surface area contributed by atoms with E-state index in [0.29, 0.717) is 0 Å². The van der Waals surface area contributed by atoms with Gasteiger partial charge in [-0.1, -0.05) is 0 Å². The molecule has 0 radical (unpaired) electrons. The monoisotopic (exact) mass is 564 g/mol. The van der Waals surface area contributed by atoms with Crippen molar-refractivity contribution in [3.8, 4) is 11.5 Å². The van der Waals surface area contributed by atoms with Crippen molar-refractivity contribution in [2.75, 3.05) is 68.6 Å². The zero-order chi connectivity index (χ0) is 16.6. The molecule has 142 valence electrons. The van der Waals surface area contributed by atoms with E-state index in [4.69, 9.17) is 9.47 Å². The fraction of sp³-hybridized carbons (Fsp3) is 0.667. The number of ether oxygens (including phenoxy) is 2. The van der Waals surface area contributed by atoms with E-state index in [1.807, 2.05) is 24.3 Å². The van der Waals surface area contributed by atoms with E-state index < -0.39 is 0 Å². The van der Waals surface area contributed by atoms with Gasteiger partial charge in [0.15, 0.2) is 0 Å². The van der Waals surface area contributed by atoms with Gasteiger partial charge in [0.2, 0.25) is 0 Å². The average Bonchev–Trinajstić information content (AvgIpc) is 2.39. The molecule has 1 aromatic carbocycles. The van der Waals surface area contributed by atoms with Gasteiger partial charge in [-0.05, 0) is 24.3 Å². The average molecular weight is 564 g/mol. The third kappa shape index (κ3) is 14.5. The molecule has 0 atom stereocenters. The SMILES string of the molecule is C[N+](C)(C)CCCOc1ccc(OCCC[N+](C)(C)C)cc1.[I-].[I-]. The minimum Gasteiger partial charge on any atom is -1.00 e. The van der Waals surface area contributed by atoms with E-state index >= 15 is 0 Å². The van der Waals surface area contributed by atoms with Crippen LogP contribution < -0.4 is 57.4 Å². The molecule has 0 heterocycles. The number of halogens is 2. The summed E-state index contributed by atoms with van der Waals surface area (Å²) in [6.45, 7) is 3.76.